The average Bonchev–Trinajstić information content (AvgIpc) is 2.47. The molecule has 0 unspecified atom stereocenters. The van der Waals surface area contributed by atoms with Gasteiger partial charge in [-0.25, -0.2) is 0 Å². The molecule has 0 aliphatic heterocycles. The van der Waals surface area contributed by atoms with Crippen molar-refractivity contribution in [3.8, 4) is 0 Å². The van der Waals surface area contributed by atoms with Crippen molar-refractivity contribution in [3.63, 3.8) is 0 Å². The molecular weight excluding hydrogens is 361 g/mol. The van der Waals surface area contributed by atoms with Crippen LogP contribution in [0.25, 0.3) is 0 Å². The summed E-state index contributed by atoms with van der Waals surface area (Å²) in [6, 6.07) is 13.9. The summed E-state index contributed by atoms with van der Waals surface area (Å²) in [5, 5.41) is 3.07. The van der Waals surface area contributed by atoms with Gasteiger partial charge in [0.25, 0.3) is 5.91 Å². The predicted molar refractivity (Wildman–Crippen MR) is 90.2 cm³/mol. The Bertz CT molecular complexity index is 651. The second-order valence-corrected chi connectivity index (χ2v) is 6.36. The maximum Gasteiger partial charge on any atom is 0.255 e. The molecule has 0 fully saturated rings. The highest BCUT2D eigenvalue weighted by Gasteiger charge is 2.15. The summed E-state index contributed by atoms with van der Waals surface area (Å²) < 4.78 is 1.07. The van der Waals surface area contributed by atoms with Crippen LogP contribution >= 0.6 is 22.6 Å². The number of benzene rings is 2. The van der Waals surface area contributed by atoms with Crippen LogP contribution in [0.15, 0.2) is 42.5 Å². The van der Waals surface area contributed by atoms with Crippen LogP contribution in [0.4, 0.5) is 5.69 Å². The van der Waals surface area contributed by atoms with Crippen LogP contribution in [0, 0.1) is 3.57 Å². The van der Waals surface area contributed by atoms with Gasteiger partial charge in [0.15, 0.2) is 0 Å². The topological polar surface area (TPSA) is 29.1 Å². The molecule has 3 rings (SSSR count). The SMILES string of the molecule is O=C(Nc1cccc2c1CCCC2)c1cccc(I)c1. The van der Waals surface area contributed by atoms with E-state index >= 15 is 0 Å². The van der Waals surface area contributed by atoms with E-state index in [1.807, 2.05) is 36.4 Å². The van der Waals surface area contributed by atoms with Crippen LogP contribution in [0.2, 0.25) is 0 Å². The van der Waals surface area contributed by atoms with Gasteiger partial charge in [0.1, 0.15) is 0 Å². The van der Waals surface area contributed by atoms with Crippen LogP contribution in [0.3, 0.4) is 0 Å². The third-order valence-corrected chi connectivity index (χ3v) is 4.40. The van der Waals surface area contributed by atoms with Crippen molar-refractivity contribution in [3.05, 3.63) is 62.7 Å². The van der Waals surface area contributed by atoms with Gasteiger partial charge in [-0.05, 0) is 83.7 Å². The van der Waals surface area contributed by atoms with Crippen LogP contribution in [0.1, 0.15) is 34.3 Å². The molecule has 1 amide bonds. The maximum absolute atomic E-state index is 12.3. The second kappa shape index (κ2) is 5.95. The van der Waals surface area contributed by atoms with E-state index in [1.165, 1.54) is 24.0 Å². The first kappa shape index (κ1) is 13.6. The zero-order chi connectivity index (χ0) is 13.9. The molecule has 20 heavy (non-hydrogen) atoms. The summed E-state index contributed by atoms with van der Waals surface area (Å²) in [4.78, 5) is 12.3. The molecule has 2 aromatic rings. The Balaban J connectivity index is 1.86. The van der Waals surface area contributed by atoms with E-state index in [-0.39, 0.29) is 5.91 Å². The van der Waals surface area contributed by atoms with Gasteiger partial charge in [-0.1, -0.05) is 18.2 Å². The zero-order valence-electron chi connectivity index (χ0n) is 11.2. The van der Waals surface area contributed by atoms with Crippen molar-refractivity contribution < 1.29 is 4.79 Å². The molecular formula is C17H16INO. The molecule has 1 aliphatic carbocycles. The number of hydrogen-bond acceptors (Lipinski definition) is 1. The van der Waals surface area contributed by atoms with Gasteiger partial charge < -0.3 is 5.32 Å². The van der Waals surface area contributed by atoms with Gasteiger partial charge in [0, 0.05) is 14.8 Å². The van der Waals surface area contributed by atoms with E-state index in [0.29, 0.717) is 5.56 Å². The zero-order valence-corrected chi connectivity index (χ0v) is 13.3. The molecule has 0 atom stereocenters. The minimum atomic E-state index is -0.0255. The Hall–Kier alpha value is -1.36. The molecule has 0 spiro atoms. The van der Waals surface area contributed by atoms with Crippen molar-refractivity contribution >= 4 is 34.2 Å². The maximum atomic E-state index is 12.3. The number of anilines is 1. The average molecular weight is 377 g/mol. The molecule has 3 heteroatoms. The molecule has 0 bridgehead atoms. The lowest BCUT2D eigenvalue weighted by atomic mass is 9.90. The minimum absolute atomic E-state index is 0.0255. The van der Waals surface area contributed by atoms with E-state index in [4.69, 9.17) is 0 Å². The molecule has 0 radical (unpaired) electrons. The van der Waals surface area contributed by atoms with Crippen molar-refractivity contribution in [1.82, 2.24) is 0 Å². The molecule has 0 aromatic heterocycles. The highest BCUT2D eigenvalue weighted by atomic mass is 127. The third kappa shape index (κ3) is 2.87. The molecule has 0 saturated carbocycles. The van der Waals surface area contributed by atoms with E-state index in [1.54, 1.807) is 0 Å². The van der Waals surface area contributed by atoms with Crippen LogP contribution in [-0.4, -0.2) is 5.91 Å². The summed E-state index contributed by atoms with van der Waals surface area (Å²) in [6.07, 6.45) is 4.66. The third-order valence-electron chi connectivity index (χ3n) is 3.73. The Morgan fingerprint density at radius 1 is 1.05 bits per heavy atom. The first-order chi connectivity index (χ1) is 9.74. The van der Waals surface area contributed by atoms with Gasteiger partial charge in [0.2, 0.25) is 0 Å². The van der Waals surface area contributed by atoms with Crippen molar-refractivity contribution in [2.24, 2.45) is 0 Å². The summed E-state index contributed by atoms with van der Waals surface area (Å²) >= 11 is 2.22. The number of carbonyl (C=O) groups excluding carboxylic acids is 1. The normalized spacial score (nSPS) is 13.7. The molecule has 0 saturated heterocycles. The standard InChI is InChI=1S/C17H16INO/c18-14-8-3-7-13(11-14)17(20)19-16-10-4-6-12-5-1-2-9-15(12)16/h3-4,6-8,10-11H,1-2,5,9H2,(H,19,20). The molecule has 102 valence electrons. The molecule has 0 heterocycles. The highest BCUT2D eigenvalue weighted by Crippen LogP contribution is 2.28. The smallest absolute Gasteiger partial charge is 0.255 e. The Morgan fingerprint density at radius 3 is 2.70 bits per heavy atom. The fourth-order valence-corrected chi connectivity index (χ4v) is 3.27. The summed E-state index contributed by atoms with van der Waals surface area (Å²) in [5.74, 6) is -0.0255. The first-order valence-electron chi connectivity index (χ1n) is 6.92. The number of aryl methyl sites for hydroxylation is 1. The van der Waals surface area contributed by atoms with E-state index < -0.39 is 0 Å². The van der Waals surface area contributed by atoms with Crippen molar-refractivity contribution in [2.45, 2.75) is 25.7 Å². The van der Waals surface area contributed by atoms with Crippen molar-refractivity contribution in [2.75, 3.05) is 5.32 Å². The number of carbonyl (C=O) groups is 1. The molecule has 2 aromatic carbocycles. The molecule has 2 nitrogen and oxygen atoms in total. The lowest BCUT2D eigenvalue weighted by Crippen LogP contribution is -2.15. The fourth-order valence-electron chi connectivity index (χ4n) is 2.72. The number of amides is 1. The van der Waals surface area contributed by atoms with Gasteiger partial charge in [-0.2, -0.15) is 0 Å². The number of nitrogens with one attached hydrogen (secondary N) is 1. The van der Waals surface area contributed by atoms with Crippen LogP contribution in [0.5, 0.6) is 0 Å². The molecule has 1 aliphatic rings. The van der Waals surface area contributed by atoms with Gasteiger partial charge >= 0.3 is 0 Å². The lowest BCUT2D eigenvalue weighted by molar-refractivity contribution is 0.102. The minimum Gasteiger partial charge on any atom is -0.322 e. The van der Waals surface area contributed by atoms with Crippen LogP contribution < -0.4 is 5.32 Å². The van der Waals surface area contributed by atoms with Gasteiger partial charge in [-0.3, -0.25) is 4.79 Å². The fraction of sp³-hybridized carbons (Fsp3) is 0.235. The number of halogens is 1. The van der Waals surface area contributed by atoms with Gasteiger partial charge in [0.05, 0.1) is 0 Å². The predicted octanol–water partition coefficient (Wildman–Crippen LogP) is 4.42. The Morgan fingerprint density at radius 2 is 1.85 bits per heavy atom. The summed E-state index contributed by atoms with van der Waals surface area (Å²) in [7, 11) is 0. The summed E-state index contributed by atoms with van der Waals surface area (Å²) in [6.45, 7) is 0. The second-order valence-electron chi connectivity index (χ2n) is 5.11. The Labute approximate surface area is 132 Å². The Kier molecular flexibility index (Phi) is 4.05. The van der Waals surface area contributed by atoms with E-state index in [9.17, 15) is 4.79 Å². The quantitative estimate of drug-likeness (QED) is 0.772. The van der Waals surface area contributed by atoms with Gasteiger partial charge in [-0.15, -0.1) is 0 Å². The number of hydrogen-bond donors (Lipinski definition) is 1. The van der Waals surface area contributed by atoms with E-state index in [2.05, 4.69) is 34.0 Å². The number of rotatable bonds is 2. The van der Waals surface area contributed by atoms with Crippen LogP contribution in [-0.2, 0) is 12.8 Å². The van der Waals surface area contributed by atoms with Crippen molar-refractivity contribution in [1.29, 1.82) is 0 Å². The number of fused-ring (bicyclic) bond motifs is 1. The summed E-state index contributed by atoms with van der Waals surface area (Å²) in [5.41, 5.74) is 4.39. The molecule has 1 N–H and O–H groups in total. The first-order valence-corrected chi connectivity index (χ1v) is 7.99. The largest absolute Gasteiger partial charge is 0.322 e. The highest BCUT2D eigenvalue weighted by molar-refractivity contribution is 14.1. The van der Waals surface area contributed by atoms with E-state index in [0.717, 1.165) is 22.1 Å². The monoisotopic (exact) mass is 377 g/mol. The lowest BCUT2D eigenvalue weighted by Gasteiger charge is -2.19.